The molecule has 0 atom stereocenters. The molecular formula is C35H46N2O2. The number of aromatic nitrogens is 2. The van der Waals surface area contributed by atoms with Crippen molar-refractivity contribution < 1.29 is 9.84 Å². The number of rotatable bonds is 4. The van der Waals surface area contributed by atoms with E-state index in [-0.39, 0.29) is 22.7 Å². The molecule has 39 heavy (non-hydrogen) atoms. The summed E-state index contributed by atoms with van der Waals surface area (Å²) in [4.78, 5) is 8.03. The van der Waals surface area contributed by atoms with Crippen LogP contribution in [0.3, 0.4) is 0 Å². The molecule has 0 aliphatic heterocycles. The third kappa shape index (κ3) is 9.24. The minimum absolute atomic E-state index is 0.145. The quantitative estimate of drug-likeness (QED) is 0.288. The van der Waals surface area contributed by atoms with Crippen molar-refractivity contribution in [2.45, 2.75) is 86.2 Å². The summed E-state index contributed by atoms with van der Waals surface area (Å²) in [5, 5.41) is 9.73. The van der Waals surface area contributed by atoms with Crippen LogP contribution in [0, 0.1) is 0 Å². The van der Waals surface area contributed by atoms with Crippen LogP contribution in [0.25, 0.3) is 22.3 Å². The Labute approximate surface area is 236 Å². The molecule has 4 heteroatoms. The second kappa shape index (κ2) is 13.9. The first-order valence-corrected chi connectivity index (χ1v) is 13.8. The van der Waals surface area contributed by atoms with E-state index in [1.807, 2.05) is 52.0 Å². The van der Waals surface area contributed by atoms with Crippen molar-refractivity contribution in [3.63, 3.8) is 0 Å². The largest absolute Gasteiger partial charge is 0.506 e. The molecule has 0 bridgehead atoms. The van der Waals surface area contributed by atoms with Crippen molar-refractivity contribution >= 4 is 0 Å². The van der Waals surface area contributed by atoms with Crippen molar-refractivity contribution in [3.05, 3.63) is 96.6 Å². The van der Waals surface area contributed by atoms with Gasteiger partial charge in [0.15, 0.2) is 0 Å². The van der Waals surface area contributed by atoms with Gasteiger partial charge in [-0.2, -0.15) is 0 Å². The van der Waals surface area contributed by atoms with Crippen molar-refractivity contribution in [2.24, 2.45) is 0 Å². The predicted molar refractivity (Wildman–Crippen MR) is 166 cm³/mol. The van der Waals surface area contributed by atoms with E-state index in [9.17, 15) is 5.11 Å². The van der Waals surface area contributed by atoms with Gasteiger partial charge < -0.3 is 9.84 Å². The normalized spacial score (nSPS) is 11.2. The van der Waals surface area contributed by atoms with E-state index in [1.165, 1.54) is 17.3 Å². The standard InChI is InChI=1S/C18H23NO.C15H17NO.C2H6/c1-13(2)20-17-12-19-11-10-16(17)14-6-8-15(9-7-14)18(3,4)5;1-15(2,3)12-6-4-11(5-7-12)13-8-9-16-10-14(13)17;1-2/h6-13H,1-5H3;4-10,17H,1-3H3;1-2H3. The van der Waals surface area contributed by atoms with Crippen molar-refractivity contribution in [2.75, 3.05) is 0 Å². The molecule has 208 valence electrons. The van der Waals surface area contributed by atoms with Gasteiger partial charge in [-0.3, -0.25) is 9.97 Å². The lowest BCUT2D eigenvalue weighted by Crippen LogP contribution is -2.10. The van der Waals surface area contributed by atoms with Gasteiger partial charge in [-0.15, -0.1) is 0 Å². The Balaban J connectivity index is 0.000000260. The molecule has 0 spiro atoms. The predicted octanol–water partition coefficient (Wildman–Crippen LogP) is 9.61. The van der Waals surface area contributed by atoms with Gasteiger partial charge in [-0.05, 0) is 59.1 Å². The number of benzene rings is 2. The second-order valence-corrected chi connectivity index (χ2v) is 11.6. The van der Waals surface area contributed by atoms with E-state index in [0.717, 1.165) is 28.0 Å². The first kappa shape index (κ1) is 31.6. The Kier molecular flexibility index (Phi) is 11.3. The van der Waals surface area contributed by atoms with Crippen LogP contribution in [0.4, 0.5) is 0 Å². The van der Waals surface area contributed by atoms with Gasteiger partial charge in [0.25, 0.3) is 0 Å². The summed E-state index contributed by atoms with van der Waals surface area (Å²) in [6.07, 6.45) is 6.89. The molecule has 0 aliphatic rings. The zero-order valence-electron chi connectivity index (χ0n) is 25.4. The van der Waals surface area contributed by atoms with Gasteiger partial charge in [0.2, 0.25) is 0 Å². The van der Waals surface area contributed by atoms with Gasteiger partial charge >= 0.3 is 0 Å². The molecular weight excluding hydrogens is 480 g/mol. The Morgan fingerprint density at radius 1 is 0.615 bits per heavy atom. The number of hydrogen-bond acceptors (Lipinski definition) is 4. The summed E-state index contributed by atoms with van der Waals surface area (Å²) in [6, 6.07) is 20.8. The summed E-state index contributed by atoms with van der Waals surface area (Å²) < 4.78 is 5.83. The zero-order valence-corrected chi connectivity index (χ0v) is 25.4. The van der Waals surface area contributed by atoms with Gasteiger partial charge in [0.1, 0.15) is 11.5 Å². The van der Waals surface area contributed by atoms with Crippen molar-refractivity contribution in [3.8, 4) is 33.8 Å². The van der Waals surface area contributed by atoms with Crippen LogP contribution in [0.2, 0.25) is 0 Å². The smallest absolute Gasteiger partial charge is 0.145 e. The fourth-order valence-corrected chi connectivity index (χ4v) is 3.90. The topological polar surface area (TPSA) is 55.2 Å². The molecule has 2 heterocycles. The zero-order chi connectivity index (χ0) is 29.2. The molecule has 2 aromatic carbocycles. The van der Waals surface area contributed by atoms with Gasteiger partial charge in [0.05, 0.1) is 18.5 Å². The summed E-state index contributed by atoms with van der Waals surface area (Å²) in [5.41, 5.74) is 7.03. The van der Waals surface area contributed by atoms with Crippen molar-refractivity contribution in [1.29, 1.82) is 0 Å². The van der Waals surface area contributed by atoms with E-state index < -0.39 is 0 Å². The highest BCUT2D eigenvalue weighted by Gasteiger charge is 2.15. The van der Waals surface area contributed by atoms with Crippen LogP contribution in [0.1, 0.15) is 80.4 Å². The Bertz CT molecular complexity index is 1280. The maximum atomic E-state index is 9.73. The van der Waals surface area contributed by atoms with E-state index in [1.54, 1.807) is 18.6 Å². The lowest BCUT2D eigenvalue weighted by atomic mass is 9.86. The lowest BCUT2D eigenvalue weighted by molar-refractivity contribution is 0.242. The van der Waals surface area contributed by atoms with Gasteiger partial charge in [0, 0.05) is 23.5 Å². The summed E-state index contributed by atoms with van der Waals surface area (Å²) in [6.45, 7) is 21.3. The average molecular weight is 527 g/mol. The maximum absolute atomic E-state index is 9.73. The number of ether oxygens (including phenoxy) is 1. The summed E-state index contributed by atoms with van der Waals surface area (Å²) >= 11 is 0. The van der Waals surface area contributed by atoms with Gasteiger partial charge in [-0.25, -0.2) is 0 Å². The molecule has 0 saturated carbocycles. The molecule has 4 nitrogen and oxygen atoms in total. The Hall–Kier alpha value is -3.66. The van der Waals surface area contributed by atoms with Crippen LogP contribution in [-0.4, -0.2) is 21.2 Å². The van der Waals surface area contributed by atoms with Crippen LogP contribution < -0.4 is 4.74 Å². The number of hydrogen-bond donors (Lipinski definition) is 1. The SMILES string of the molecule is CC.CC(C)(C)c1ccc(-c2ccncc2O)cc1.CC(C)Oc1cnccc1-c1ccc(C(C)(C)C)cc1. The highest BCUT2D eigenvalue weighted by molar-refractivity contribution is 5.70. The fourth-order valence-electron chi connectivity index (χ4n) is 3.90. The second-order valence-electron chi connectivity index (χ2n) is 11.6. The summed E-state index contributed by atoms with van der Waals surface area (Å²) in [7, 11) is 0. The van der Waals surface area contributed by atoms with E-state index in [0.29, 0.717) is 0 Å². The third-order valence-electron chi connectivity index (χ3n) is 6.07. The van der Waals surface area contributed by atoms with Crippen LogP contribution in [0.15, 0.2) is 85.5 Å². The van der Waals surface area contributed by atoms with E-state index in [2.05, 4.69) is 87.9 Å². The molecule has 0 unspecified atom stereocenters. The molecule has 0 fully saturated rings. The summed E-state index contributed by atoms with van der Waals surface area (Å²) in [5.74, 6) is 1.06. The van der Waals surface area contributed by atoms with Crippen LogP contribution in [-0.2, 0) is 10.8 Å². The molecule has 0 radical (unpaired) electrons. The fraction of sp³-hybridized carbons (Fsp3) is 0.371. The first-order valence-electron chi connectivity index (χ1n) is 13.8. The first-order chi connectivity index (χ1) is 18.4. The lowest BCUT2D eigenvalue weighted by Gasteiger charge is -2.19. The van der Waals surface area contributed by atoms with Gasteiger partial charge in [-0.1, -0.05) is 104 Å². The number of aromatic hydroxyl groups is 1. The average Bonchev–Trinajstić information content (AvgIpc) is 2.90. The minimum atomic E-state index is 0.145. The van der Waals surface area contributed by atoms with Crippen molar-refractivity contribution in [1.82, 2.24) is 9.97 Å². The molecule has 4 aromatic rings. The molecule has 1 N–H and O–H groups in total. The highest BCUT2D eigenvalue weighted by atomic mass is 16.5. The third-order valence-corrected chi connectivity index (χ3v) is 6.07. The Morgan fingerprint density at radius 2 is 1.03 bits per heavy atom. The maximum Gasteiger partial charge on any atom is 0.145 e. The minimum Gasteiger partial charge on any atom is -0.506 e. The monoisotopic (exact) mass is 526 g/mol. The van der Waals surface area contributed by atoms with E-state index in [4.69, 9.17) is 4.74 Å². The number of pyridine rings is 2. The molecule has 2 aromatic heterocycles. The molecule has 0 saturated heterocycles. The highest BCUT2D eigenvalue weighted by Crippen LogP contribution is 2.32. The molecule has 0 aliphatic carbocycles. The van der Waals surface area contributed by atoms with E-state index >= 15 is 0 Å². The molecule has 0 amide bonds. The van der Waals surface area contributed by atoms with Crippen LogP contribution >= 0.6 is 0 Å². The van der Waals surface area contributed by atoms with Crippen LogP contribution in [0.5, 0.6) is 11.5 Å². The Morgan fingerprint density at radius 3 is 1.44 bits per heavy atom. The molecule has 4 rings (SSSR count). The number of nitrogens with zero attached hydrogens (tertiary/aromatic N) is 2.